The lowest BCUT2D eigenvalue weighted by Gasteiger charge is -2.31. The van der Waals surface area contributed by atoms with Crippen molar-refractivity contribution in [1.82, 2.24) is 19.9 Å². The van der Waals surface area contributed by atoms with Crippen molar-refractivity contribution in [3.63, 3.8) is 0 Å². The van der Waals surface area contributed by atoms with E-state index in [-0.39, 0.29) is 28.9 Å². The molecular weight excluding hydrogens is 387 g/mol. The van der Waals surface area contributed by atoms with Crippen LogP contribution in [-0.4, -0.2) is 38.6 Å². The standard InChI is InChI=1S/C22H19FN4O3/c23-14-4-1-3-13(9-14)22(6-7-22)12-27-21(29)15-11-18-16(10-17(15)24-25-27)20(28)26-8-2-5-19(26)30-18/h1,3-4,9-11,19H,2,5-8,12H2. The molecule has 30 heavy (non-hydrogen) atoms. The van der Waals surface area contributed by atoms with Crippen LogP contribution >= 0.6 is 0 Å². The largest absolute Gasteiger partial charge is 0.470 e. The van der Waals surface area contributed by atoms with Crippen molar-refractivity contribution in [3.05, 3.63) is 63.7 Å². The van der Waals surface area contributed by atoms with Gasteiger partial charge in [0.05, 0.1) is 17.5 Å². The highest BCUT2D eigenvalue weighted by Crippen LogP contribution is 2.49. The lowest BCUT2D eigenvalue weighted by molar-refractivity contribution is 0.0295. The highest BCUT2D eigenvalue weighted by Gasteiger charge is 2.45. The molecule has 1 saturated heterocycles. The Kier molecular flexibility index (Phi) is 3.57. The molecule has 0 bridgehead atoms. The van der Waals surface area contributed by atoms with Gasteiger partial charge in [0.2, 0.25) is 0 Å². The molecule has 1 amide bonds. The van der Waals surface area contributed by atoms with Gasteiger partial charge in [-0.25, -0.2) is 9.07 Å². The zero-order valence-electron chi connectivity index (χ0n) is 16.2. The number of halogens is 1. The third-order valence-corrected chi connectivity index (χ3v) is 6.52. The Hall–Kier alpha value is -3.29. The number of carbonyl (C=O) groups excluding carboxylic acids is 1. The molecule has 0 spiro atoms. The third-order valence-electron chi connectivity index (χ3n) is 6.52. The van der Waals surface area contributed by atoms with Crippen molar-refractivity contribution in [2.24, 2.45) is 0 Å². The van der Waals surface area contributed by atoms with E-state index in [0.717, 1.165) is 31.2 Å². The van der Waals surface area contributed by atoms with Crippen molar-refractivity contribution in [3.8, 4) is 5.75 Å². The van der Waals surface area contributed by atoms with Gasteiger partial charge in [-0.2, -0.15) is 0 Å². The fourth-order valence-corrected chi connectivity index (χ4v) is 4.66. The van der Waals surface area contributed by atoms with Crippen LogP contribution in [0.15, 0.2) is 41.2 Å². The van der Waals surface area contributed by atoms with E-state index >= 15 is 0 Å². The van der Waals surface area contributed by atoms with Crippen LogP contribution in [0.5, 0.6) is 5.75 Å². The SMILES string of the molecule is O=C1c2cc3nnn(CC4(c5cccc(F)c5)CC4)c(=O)c3cc2OC2CCCN12. The third kappa shape index (κ3) is 2.56. The molecule has 2 fully saturated rings. The summed E-state index contributed by atoms with van der Waals surface area (Å²) >= 11 is 0. The highest BCUT2D eigenvalue weighted by molar-refractivity contribution is 6.01. The number of nitrogens with zero attached hydrogens (tertiary/aromatic N) is 4. The number of rotatable bonds is 3. The van der Waals surface area contributed by atoms with Crippen molar-refractivity contribution in [1.29, 1.82) is 0 Å². The number of carbonyl (C=O) groups is 1. The molecule has 3 aliphatic rings. The molecule has 0 N–H and O–H groups in total. The van der Waals surface area contributed by atoms with Crippen LogP contribution in [0.3, 0.4) is 0 Å². The number of amides is 1. The van der Waals surface area contributed by atoms with Crippen molar-refractivity contribution < 1.29 is 13.9 Å². The minimum Gasteiger partial charge on any atom is -0.470 e. The minimum absolute atomic E-state index is 0.0883. The summed E-state index contributed by atoms with van der Waals surface area (Å²) in [6.07, 6.45) is 3.16. The molecule has 1 unspecified atom stereocenters. The van der Waals surface area contributed by atoms with E-state index < -0.39 is 0 Å². The predicted octanol–water partition coefficient (Wildman–Crippen LogP) is 2.62. The Bertz CT molecular complexity index is 1270. The molecule has 1 aliphatic carbocycles. The van der Waals surface area contributed by atoms with Crippen LogP contribution in [-0.2, 0) is 12.0 Å². The van der Waals surface area contributed by atoms with Crippen LogP contribution < -0.4 is 10.3 Å². The molecule has 3 aromatic rings. The smallest absolute Gasteiger partial charge is 0.277 e. The predicted molar refractivity (Wildman–Crippen MR) is 106 cm³/mol. The highest BCUT2D eigenvalue weighted by atomic mass is 19.1. The molecule has 2 aromatic carbocycles. The van der Waals surface area contributed by atoms with E-state index in [2.05, 4.69) is 10.3 Å². The summed E-state index contributed by atoms with van der Waals surface area (Å²) in [4.78, 5) is 27.6. The summed E-state index contributed by atoms with van der Waals surface area (Å²) in [5.74, 6) is 0.0540. The van der Waals surface area contributed by atoms with E-state index in [1.165, 1.54) is 16.8 Å². The summed E-state index contributed by atoms with van der Waals surface area (Å²) in [5, 5.41) is 8.69. The number of aromatic nitrogens is 3. The second-order valence-electron chi connectivity index (χ2n) is 8.42. The molecular formula is C22H19FN4O3. The first-order chi connectivity index (χ1) is 14.5. The quantitative estimate of drug-likeness (QED) is 0.668. The zero-order valence-corrected chi connectivity index (χ0v) is 16.2. The van der Waals surface area contributed by atoms with Gasteiger partial charge < -0.3 is 9.64 Å². The van der Waals surface area contributed by atoms with Gasteiger partial charge in [0, 0.05) is 18.4 Å². The molecule has 1 saturated carbocycles. The number of hydrogen-bond acceptors (Lipinski definition) is 5. The molecule has 7 nitrogen and oxygen atoms in total. The molecule has 1 aromatic heterocycles. The Morgan fingerprint density at radius 2 is 2.07 bits per heavy atom. The second kappa shape index (κ2) is 6.10. The van der Waals surface area contributed by atoms with Gasteiger partial charge in [-0.15, -0.1) is 5.10 Å². The fraction of sp³-hybridized carbons (Fsp3) is 0.364. The number of hydrogen-bond donors (Lipinski definition) is 0. The lowest BCUT2D eigenvalue weighted by Crippen LogP contribution is -2.43. The van der Waals surface area contributed by atoms with Gasteiger partial charge in [-0.1, -0.05) is 17.3 Å². The van der Waals surface area contributed by atoms with Crippen LogP contribution in [0.1, 0.15) is 41.6 Å². The van der Waals surface area contributed by atoms with E-state index in [1.54, 1.807) is 23.1 Å². The number of benzene rings is 2. The van der Waals surface area contributed by atoms with Crippen molar-refractivity contribution in [2.45, 2.75) is 43.9 Å². The number of ether oxygens (including phenoxy) is 1. The maximum Gasteiger partial charge on any atom is 0.277 e. The summed E-state index contributed by atoms with van der Waals surface area (Å²) in [7, 11) is 0. The maximum atomic E-state index is 13.7. The van der Waals surface area contributed by atoms with E-state index in [9.17, 15) is 14.0 Å². The maximum absolute atomic E-state index is 13.7. The Labute approximate surface area is 171 Å². The summed E-state index contributed by atoms with van der Waals surface area (Å²) in [6, 6.07) is 9.73. The zero-order chi connectivity index (χ0) is 20.5. The Balaban J connectivity index is 1.40. The molecule has 6 rings (SSSR count). The normalized spacial score (nSPS) is 21.3. The molecule has 152 valence electrons. The van der Waals surface area contributed by atoms with Gasteiger partial charge in [0.1, 0.15) is 17.1 Å². The summed E-state index contributed by atoms with van der Waals surface area (Å²) in [6.45, 7) is 1.02. The van der Waals surface area contributed by atoms with Crippen LogP contribution in [0.4, 0.5) is 4.39 Å². The van der Waals surface area contributed by atoms with Gasteiger partial charge in [0.25, 0.3) is 11.5 Å². The first-order valence-electron chi connectivity index (χ1n) is 10.2. The molecule has 1 atom stereocenters. The van der Waals surface area contributed by atoms with Crippen molar-refractivity contribution in [2.75, 3.05) is 6.54 Å². The monoisotopic (exact) mass is 406 g/mol. The van der Waals surface area contributed by atoms with E-state index in [4.69, 9.17) is 4.74 Å². The van der Waals surface area contributed by atoms with E-state index in [1.807, 2.05) is 6.07 Å². The van der Waals surface area contributed by atoms with Crippen LogP contribution in [0.25, 0.3) is 10.9 Å². The van der Waals surface area contributed by atoms with Gasteiger partial charge in [-0.3, -0.25) is 9.59 Å². The van der Waals surface area contributed by atoms with Gasteiger partial charge in [0.15, 0.2) is 6.23 Å². The van der Waals surface area contributed by atoms with Crippen molar-refractivity contribution >= 4 is 16.8 Å². The van der Waals surface area contributed by atoms with Gasteiger partial charge >= 0.3 is 0 Å². The Morgan fingerprint density at radius 1 is 1.20 bits per heavy atom. The fourth-order valence-electron chi connectivity index (χ4n) is 4.66. The average molecular weight is 406 g/mol. The minimum atomic E-state index is -0.292. The first-order valence-corrected chi connectivity index (χ1v) is 10.2. The molecule has 8 heteroatoms. The average Bonchev–Trinajstić information content (AvgIpc) is 3.38. The first kappa shape index (κ1) is 17.6. The van der Waals surface area contributed by atoms with Gasteiger partial charge in [-0.05, 0) is 49.1 Å². The van der Waals surface area contributed by atoms with Crippen LogP contribution in [0, 0.1) is 5.82 Å². The summed E-state index contributed by atoms with van der Waals surface area (Å²) in [5.41, 5.74) is 1.09. The second-order valence-corrected chi connectivity index (χ2v) is 8.42. The summed E-state index contributed by atoms with van der Waals surface area (Å²) < 4.78 is 21.0. The molecule has 0 radical (unpaired) electrons. The van der Waals surface area contributed by atoms with Crippen LogP contribution in [0.2, 0.25) is 0 Å². The number of fused-ring (bicyclic) bond motifs is 3. The van der Waals surface area contributed by atoms with E-state index in [0.29, 0.717) is 35.3 Å². The Morgan fingerprint density at radius 3 is 2.87 bits per heavy atom. The molecule has 3 heterocycles. The molecule has 2 aliphatic heterocycles. The lowest BCUT2D eigenvalue weighted by atomic mass is 9.96. The topological polar surface area (TPSA) is 77.3 Å².